The van der Waals surface area contributed by atoms with E-state index >= 15 is 0 Å². The maximum atomic E-state index is 12.5. The minimum atomic E-state index is -3.51. The van der Waals surface area contributed by atoms with Gasteiger partial charge in [0.15, 0.2) is 0 Å². The van der Waals surface area contributed by atoms with Gasteiger partial charge < -0.3 is 10.1 Å². The fraction of sp³-hybridized carbons (Fsp3) is 0.312. The Hall–Kier alpha value is -1.67. The molecule has 1 aromatic carbocycles. The SMILES string of the molecule is O=S(=O)(c1ccc(NCc2cccc(Cl)c2)nc1)N1CCOCC1. The van der Waals surface area contributed by atoms with Gasteiger partial charge in [-0.15, -0.1) is 0 Å². The van der Waals surface area contributed by atoms with Crippen LogP contribution in [0.2, 0.25) is 5.02 Å². The average Bonchev–Trinajstić information content (AvgIpc) is 2.61. The van der Waals surface area contributed by atoms with Gasteiger partial charge in [0.1, 0.15) is 10.7 Å². The van der Waals surface area contributed by atoms with Crippen LogP contribution in [-0.4, -0.2) is 44.0 Å². The van der Waals surface area contributed by atoms with Crippen molar-refractivity contribution in [3.8, 4) is 0 Å². The fourth-order valence-corrected chi connectivity index (χ4v) is 3.98. The number of hydrogen-bond donors (Lipinski definition) is 1. The van der Waals surface area contributed by atoms with Crippen molar-refractivity contribution in [1.82, 2.24) is 9.29 Å². The Bertz CT molecular complexity index is 790. The normalized spacial score (nSPS) is 16.0. The zero-order chi connectivity index (χ0) is 17.0. The molecule has 1 aliphatic heterocycles. The molecule has 2 heterocycles. The number of anilines is 1. The lowest BCUT2D eigenvalue weighted by molar-refractivity contribution is 0.0730. The van der Waals surface area contributed by atoms with Crippen molar-refractivity contribution >= 4 is 27.4 Å². The van der Waals surface area contributed by atoms with E-state index in [0.29, 0.717) is 43.7 Å². The number of rotatable bonds is 5. The Kier molecular flexibility index (Phi) is 5.35. The van der Waals surface area contributed by atoms with Crippen molar-refractivity contribution in [3.63, 3.8) is 0 Å². The van der Waals surface area contributed by atoms with Crippen molar-refractivity contribution in [2.24, 2.45) is 0 Å². The summed E-state index contributed by atoms with van der Waals surface area (Å²) in [5.74, 6) is 0.607. The summed E-state index contributed by atoms with van der Waals surface area (Å²) in [5.41, 5.74) is 1.02. The molecule has 1 aromatic heterocycles. The number of sulfonamides is 1. The lowest BCUT2D eigenvalue weighted by atomic mass is 10.2. The second-order valence-electron chi connectivity index (χ2n) is 5.38. The Morgan fingerprint density at radius 1 is 1.21 bits per heavy atom. The Morgan fingerprint density at radius 2 is 2.00 bits per heavy atom. The predicted molar refractivity (Wildman–Crippen MR) is 92.6 cm³/mol. The molecule has 1 saturated heterocycles. The van der Waals surface area contributed by atoms with Crippen LogP contribution in [0.5, 0.6) is 0 Å². The lowest BCUT2D eigenvalue weighted by Crippen LogP contribution is -2.40. The summed E-state index contributed by atoms with van der Waals surface area (Å²) in [6.07, 6.45) is 1.38. The molecule has 128 valence electrons. The van der Waals surface area contributed by atoms with Gasteiger partial charge in [-0.3, -0.25) is 0 Å². The molecular formula is C16H18ClN3O3S. The second-order valence-corrected chi connectivity index (χ2v) is 7.75. The van der Waals surface area contributed by atoms with Gasteiger partial charge in [-0.25, -0.2) is 13.4 Å². The van der Waals surface area contributed by atoms with Gasteiger partial charge in [0.2, 0.25) is 10.0 Å². The van der Waals surface area contributed by atoms with Crippen LogP contribution < -0.4 is 5.32 Å². The maximum Gasteiger partial charge on any atom is 0.244 e. The largest absolute Gasteiger partial charge is 0.379 e. The van der Waals surface area contributed by atoms with Crippen LogP contribution in [0, 0.1) is 0 Å². The average molecular weight is 368 g/mol. The Morgan fingerprint density at radius 3 is 2.67 bits per heavy atom. The first-order chi connectivity index (χ1) is 11.6. The van der Waals surface area contributed by atoms with Crippen molar-refractivity contribution < 1.29 is 13.2 Å². The molecule has 24 heavy (non-hydrogen) atoms. The number of halogens is 1. The molecule has 0 radical (unpaired) electrons. The smallest absolute Gasteiger partial charge is 0.244 e. The number of benzene rings is 1. The molecule has 8 heteroatoms. The highest BCUT2D eigenvalue weighted by Gasteiger charge is 2.26. The van der Waals surface area contributed by atoms with E-state index < -0.39 is 10.0 Å². The van der Waals surface area contributed by atoms with E-state index in [1.54, 1.807) is 12.1 Å². The zero-order valence-electron chi connectivity index (χ0n) is 13.0. The van der Waals surface area contributed by atoms with Crippen LogP contribution >= 0.6 is 11.6 Å². The number of morpholine rings is 1. The molecule has 0 atom stereocenters. The van der Waals surface area contributed by atoms with E-state index in [4.69, 9.17) is 16.3 Å². The van der Waals surface area contributed by atoms with Gasteiger partial charge in [-0.05, 0) is 29.8 Å². The molecule has 0 aliphatic carbocycles. The molecule has 3 rings (SSSR count). The third-order valence-corrected chi connectivity index (χ3v) is 5.82. The molecule has 6 nitrogen and oxygen atoms in total. The van der Waals surface area contributed by atoms with Crippen LogP contribution in [0.1, 0.15) is 5.56 Å². The first-order valence-corrected chi connectivity index (χ1v) is 9.40. The van der Waals surface area contributed by atoms with Crippen LogP contribution in [-0.2, 0) is 21.3 Å². The maximum absolute atomic E-state index is 12.5. The van der Waals surface area contributed by atoms with Crippen LogP contribution in [0.25, 0.3) is 0 Å². The summed E-state index contributed by atoms with van der Waals surface area (Å²) in [6, 6.07) is 10.7. The molecule has 0 unspecified atom stereocenters. The molecule has 1 aliphatic rings. The number of aromatic nitrogens is 1. The fourth-order valence-electron chi connectivity index (χ4n) is 2.41. The molecule has 0 bridgehead atoms. The Labute approximate surface area is 146 Å². The summed E-state index contributed by atoms with van der Waals surface area (Å²) in [7, 11) is -3.51. The van der Waals surface area contributed by atoms with Gasteiger partial charge in [0.25, 0.3) is 0 Å². The molecule has 1 fully saturated rings. The first-order valence-electron chi connectivity index (χ1n) is 7.58. The Balaban J connectivity index is 1.66. The van der Waals surface area contributed by atoms with E-state index in [1.807, 2.05) is 24.3 Å². The van der Waals surface area contributed by atoms with Gasteiger partial charge in [-0.1, -0.05) is 23.7 Å². The molecular weight excluding hydrogens is 350 g/mol. The quantitative estimate of drug-likeness (QED) is 0.878. The number of nitrogens with one attached hydrogen (secondary N) is 1. The highest BCUT2D eigenvalue weighted by molar-refractivity contribution is 7.89. The third kappa shape index (κ3) is 4.05. The molecule has 1 N–H and O–H groups in total. The van der Waals surface area contributed by atoms with E-state index in [2.05, 4.69) is 10.3 Å². The number of nitrogens with zero attached hydrogens (tertiary/aromatic N) is 2. The van der Waals surface area contributed by atoms with E-state index in [9.17, 15) is 8.42 Å². The van der Waals surface area contributed by atoms with E-state index in [1.165, 1.54) is 10.5 Å². The number of ether oxygens (including phenoxy) is 1. The highest BCUT2D eigenvalue weighted by Crippen LogP contribution is 2.18. The van der Waals surface area contributed by atoms with Crippen molar-refractivity contribution in [2.75, 3.05) is 31.6 Å². The number of pyridine rings is 1. The molecule has 0 saturated carbocycles. The van der Waals surface area contributed by atoms with Crippen LogP contribution in [0.4, 0.5) is 5.82 Å². The summed E-state index contributed by atoms with van der Waals surface area (Å²) in [4.78, 5) is 4.39. The first kappa shape index (κ1) is 17.2. The summed E-state index contributed by atoms with van der Waals surface area (Å²) < 4.78 is 31.6. The van der Waals surface area contributed by atoms with Crippen molar-refractivity contribution in [3.05, 3.63) is 53.2 Å². The summed E-state index contributed by atoms with van der Waals surface area (Å²) >= 11 is 5.95. The lowest BCUT2D eigenvalue weighted by Gasteiger charge is -2.25. The van der Waals surface area contributed by atoms with Gasteiger partial charge in [0, 0.05) is 30.9 Å². The molecule has 0 amide bonds. The number of hydrogen-bond acceptors (Lipinski definition) is 5. The molecule has 2 aromatic rings. The summed E-state index contributed by atoms with van der Waals surface area (Å²) in [6.45, 7) is 2.15. The van der Waals surface area contributed by atoms with E-state index in [0.717, 1.165) is 5.56 Å². The third-order valence-electron chi connectivity index (χ3n) is 3.71. The van der Waals surface area contributed by atoms with Gasteiger partial charge >= 0.3 is 0 Å². The van der Waals surface area contributed by atoms with Crippen LogP contribution in [0.15, 0.2) is 47.5 Å². The minimum Gasteiger partial charge on any atom is -0.379 e. The van der Waals surface area contributed by atoms with Gasteiger partial charge in [0.05, 0.1) is 13.2 Å². The predicted octanol–water partition coefficient (Wildman–Crippen LogP) is 2.37. The monoisotopic (exact) mass is 367 g/mol. The minimum absolute atomic E-state index is 0.192. The second kappa shape index (κ2) is 7.48. The summed E-state index contributed by atoms with van der Waals surface area (Å²) in [5, 5.41) is 3.82. The highest BCUT2D eigenvalue weighted by atomic mass is 35.5. The van der Waals surface area contributed by atoms with E-state index in [-0.39, 0.29) is 4.90 Å². The molecule has 0 spiro atoms. The standard InChI is InChI=1S/C16H18ClN3O3S/c17-14-3-1-2-13(10-14)11-18-16-5-4-15(12-19-16)24(21,22)20-6-8-23-9-7-20/h1-5,10,12H,6-9,11H2,(H,18,19). The van der Waals surface area contributed by atoms with Gasteiger partial charge in [-0.2, -0.15) is 4.31 Å². The zero-order valence-corrected chi connectivity index (χ0v) is 14.6. The van der Waals surface area contributed by atoms with Crippen molar-refractivity contribution in [1.29, 1.82) is 0 Å². The topological polar surface area (TPSA) is 71.5 Å². The van der Waals surface area contributed by atoms with Crippen molar-refractivity contribution in [2.45, 2.75) is 11.4 Å². The van der Waals surface area contributed by atoms with Crippen LogP contribution in [0.3, 0.4) is 0 Å².